The molecule has 4 rings (SSSR count). The minimum Gasteiger partial charge on any atom is -0.293 e. The van der Waals surface area contributed by atoms with Crippen LogP contribution in [0, 0.1) is 0 Å². The zero-order chi connectivity index (χ0) is 16.6. The summed E-state index contributed by atoms with van der Waals surface area (Å²) in [6.07, 6.45) is 1.06. The Kier molecular flexibility index (Phi) is 4.16. The molecule has 1 saturated heterocycles. The van der Waals surface area contributed by atoms with E-state index in [1.807, 2.05) is 30.3 Å². The molecule has 0 bridgehead atoms. The van der Waals surface area contributed by atoms with Crippen LogP contribution >= 0.6 is 0 Å². The average molecular weight is 342 g/mol. The Morgan fingerprint density at radius 2 is 1.58 bits per heavy atom. The number of nitrogens with zero attached hydrogens (tertiary/aromatic N) is 2. The van der Waals surface area contributed by atoms with Gasteiger partial charge in [-0.15, -0.1) is 0 Å². The quantitative estimate of drug-likeness (QED) is 0.856. The van der Waals surface area contributed by atoms with Crippen molar-refractivity contribution in [2.75, 3.05) is 19.6 Å². The molecule has 5 heteroatoms. The Bertz CT molecular complexity index is 814. The van der Waals surface area contributed by atoms with Gasteiger partial charge in [-0.25, -0.2) is 8.42 Å². The lowest BCUT2D eigenvalue weighted by Crippen LogP contribution is -2.61. The smallest absolute Gasteiger partial charge is 0.218 e. The first-order chi connectivity index (χ1) is 11.6. The number of hydrogen-bond donors (Lipinski definition) is 0. The largest absolute Gasteiger partial charge is 0.293 e. The predicted octanol–water partition coefficient (Wildman–Crippen LogP) is 2.26. The van der Waals surface area contributed by atoms with E-state index in [-0.39, 0.29) is 5.75 Å². The molecule has 2 aliphatic rings. The average Bonchev–Trinajstić information content (AvgIpc) is 2.53. The molecule has 2 aromatic rings. The lowest BCUT2D eigenvalue weighted by molar-refractivity contribution is 0.0768. The molecular formula is C19H22N2O2S. The second-order valence-electron chi connectivity index (χ2n) is 6.70. The van der Waals surface area contributed by atoms with Gasteiger partial charge in [0.05, 0.1) is 5.75 Å². The van der Waals surface area contributed by atoms with Crippen LogP contribution in [0.15, 0.2) is 54.6 Å². The number of sulfonamides is 1. The summed E-state index contributed by atoms with van der Waals surface area (Å²) >= 11 is 0. The number of benzene rings is 2. The molecule has 2 aliphatic heterocycles. The summed E-state index contributed by atoms with van der Waals surface area (Å²) in [7, 11) is -3.20. The Hall–Kier alpha value is -1.69. The molecule has 0 atom stereocenters. The fraction of sp³-hybridized carbons (Fsp3) is 0.368. The Morgan fingerprint density at radius 3 is 2.33 bits per heavy atom. The van der Waals surface area contributed by atoms with Crippen LogP contribution < -0.4 is 0 Å². The summed E-state index contributed by atoms with van der Waals surface area (Å²) in [5, 5.41) is 0. The second-order valence-corrected chi connectivity index (χ2v) is 8.67. The van der Waals surface area contributed by atoms with Crippen molar-refractivity contribution in [1.29, 1.82) is 0 Å². The molecule has 4 nitrogen and oxygen atoms in total. The standard InChI is InChI=1S/C19H22N2O2S/c22-24(23,15-16-6-2-1-3-7-16)21-13-19(14-21)20-11-10-17-8-4-5-9-18(17)12-20/h1-9,19H,10-15H2. The summed E-state index contributed by atoms with van der Waals surface area (Å²) < 4.78 is 26.7. The SMILES string of the molecule is O=S(=O)(Cc1ccccc1)N1CC(N2CCc3ccccc3C2)C1. The van der Waals surface area contributed by atoms with Crippen LogP contribution in [0.2, 0.25) is 0 Å². The van der Waals surface area contributed by atoms with Crippen LogP contribution in [-0.2, 0) is 28.7 Å². The molecule has 2 aromatic carbocycles. The second kappa shape index (κ2) is 6.31. The molecule has 0 radical (unpaired) electrons. The molecule has 0 unspecified atom stereocenters. The third-order valence-electron chi connectivity index (χ3n) is 5.09. The van der Waals surface area contributed by atoms with Crippen molar-refractivity contribution in [3.8, 4) is 0 Å². The van der Waals surface area contributed by atoms with Gasteiger partial charge in [-0.1, -0.05) is 54.6 Å². The fourth-order valence-corrected chi connectivity index (χ4v) is 5.17. The van der Waals surface area contributed by atoms with E-state index in [1.165, 1.54) is 11.1 Å². The van der Waals surface area contributed by atoms with Crippen molar-refractivity contribution in [2.45, 2.75) is 24.8 Å². The van der Waals surface area contributed by atoms with Crippen LogP contribution in [0.1, 0.15) is 16.7 Å². The predicted molar refractivity (Wildman–Crippen MR) is 95.0 cm³/mol. The summed E-state index contributed by atoms with van der Waals surface area (Å²) in [4.78, 5) is 2.43. The number of fused-ring (bicyclic) bond motifs is 1. The molecule has 0 amide bonds. The van der Waals surface area contributed by atoms with Gasteiger partial charge in [0.25, 0.3) is 0 Å². The maximum Gasteiger partial charge on any atom is 0.218 e. The van der Waals surface area contributed by atoms with Gasteiger partial charge in [0.2, 0.25) is 10.0 Å². The van der Waals surface area contributed by atoms with Crippen molar-refractivity contribution < 1.29 is 8.42 Å². The first-order valence-corrected chi connectivity index (χ1v) is 10.1. The van der Waals surface area contributed by atoms with Gasteiger partial charge < -0.3 is 0 Å². The van der Waals surface area contributed by atoms with Gasteiger partial charge in [0.15, 0.2) is 0 Å². The topological polar surface area (TPSA) is 40.6 Å². The third kappa shape index (κ3) is 3.11. The highest BCUT2D eigenvalue weighted by Crippen LogP contribution is 2.26. The van der Waals surface area contributed by atoms with Crippen molar-refractivity contribution in [1.82, 2.24) is 9.21 Å². The fourth-order valence-electron chi connectivity index (χ4n) is 3.58. The maximum absolute atomic E-state index is 12.5. The molecule has 0 N–H and O–H groups in total. The van der Waals surface area contributed by atoms with E-state index in [0.717, 1.165) is 25.1 Å². The lowest BCUT2D eigenvalue weighted by Gasteiger charge is -2.46. The Morgan fingerprint density at radius 1 is 0.917 bits per heavy atom. The van der Waals surface area contributed by atoms with E-state index in [0.29, 0.717) is 19.1 Å². The van der Waals surface area contributed by atoms with Crippen LogP contribution in [0.25, 0.3) is 0 Å². The first-order valence-electron chi connectivity index (χ1n) is 8.44. The number of hydrogen-bond acceptors (Lipinski definition) is 3. The highest BCUT2D eigenvalue weighted by molar-refractivity contribution is 7.88. The molecule has 0 saturated carbocycles. The highest BCUT2D eigenvalue weighted by Gasteiger charge is 2.39. The van der Waals surface area contributed by atoms with Gasteiger partial charge in [0, 0.05) is 32.2 Å². The van der Waals surface area contributed by atoms with Gasteiger partial charge in [-0.2, -0.15) is 4.31 Å². The van der Waals surface area contributed by atoms with E-state index in [9.17, 15) is 8.42 Å². The van der Waals surface area contributed by atoms with Crippen molar-refractivity contribution in [3.63, 3.8) is 0 Å². The van der Waals surface area contributed by atoms with E-state index < -0.39 is 10.0 Å². The monoisotopic (exact) mass is 342 g/mol. The molecule has 24 heavy (non-hydrogen) atoms. The Balaban J connectivity index is 1.37. The summed E-state index contributed by atoms with van der Waals surface area (Å²) in [6, 6.07) is 18.3. The summed E-state index contributed by atoms with van der Waals surface area (Å²) in [5.74, 6) is 0.101. The normalized spacial score (nSPS) is 19.7. The molecule has 2 heterocycles. The third-order valence-corrected chi connectivity index (χ3v) is 6.87. The Labute approximate surface area is 143 Å². The maximum atomic E-state index is 12.5. The van der Waals surface area contributed by atoms with Crippen LogP contribution in [0.3, 0.4) is 0 Å². The molecule has 1 fully saturated rings. The molecule has 126 valence electrons. The van der Waals surface area contributed by atoms with Crippen molar-refractivity contribution >= 4 is 10.0 Å². The van der Waals surface area contributed by atoms with Gasteiger partial charge >= 0.3 is 0 Å². The van der Waals surface area contributed by atoms with Crippen LogP contribution in [0.4, 0.5) is 0 Å². The first kappa shape index (κ1) is 15.8. The zero-order valence-electron chi connectivity index (χ0n) is 13.6. The molecular weight excluding hydrogens is 320 g/mol. The summed E-state index contributed by atoms with van der Waals surface area (Å²) in [5.41, 5.74) is 3.67. The van der Waals surface area contributed by atoms with E-state index in [1.54, 1.807) is 4.31 Å². The van der Waals surface area contributed by atoms with E-state index >= 15 is 0 Å². The van der Waals surface area contributed by atoms with Crippen molar-refractivity contribution in [3.05, 3.63) is 71.3 Å². The van der Waals surface area contributed by atoms with Crippen molar-refractivity contribution in [2.24, 2.45) is 0 Å². The molecule has 0 aliphatic carbocycles. The summed E-state index contributed by atoms with van der Waals surface area (Å²) in [6.45, 7) is 3.20. The molecule has 0 aromatic heterocycles. The van der Waals surface area contributed by atoms with Crippen LogP contribution in [0.5, 0.6) is 0 Å². The highest BCUT2D eigenvalue weighted by atomic mass is 32.2. The van der Waals surface area contributed by atoms with E-state index in [4.69, 9.17) is 0 Å². The molecule has 0 spiro atoms. The van der Waals surface area contributed by atoms with Gasteiger partial charge in [-0.3, -0.25) is 4.90 Å². The lowest BCUT2D eigenvalue weighted by atomic mass is 9.97. The van der Waals surface area contributed by atoms with Gasteiger partial charge in [-0.05, 0) is 23.1 Å². The van der Waals surface area contributed by atoms with Gasteiger partial charge in [0.1, 0.15) is 0 Å². The number of rotatable bonds is 4. The minimum atomic E-state index is -3.20. The minimum absolute atomic E-state index is 0.101. The van der Waals surface area contributed by atoms with E-state index in [2.05, 4.69) is 29.2 Å². The van der Waals surface area contributed by atoms with Crippen LogP contribution in [-0.4, -0.2) is 43.3 Å². The zero-order valence-corrected chi connectivity index (χ0v) is 14.5.